The van der Waals surface area contributed by atoms with E-state index in [2.05, 4.69) is 21.2 Å². The standard InChI is InChI=1S/C11H14BrNO2/c1-11(15,7-8-12)10(14)13-9-5-3-2-4-6-9/h2-6,15H,7-8H2,1H3,(H,13,14)/t11-/m0/s1/i12+2. The summed E-state index contributed by atoms with van der Waals surface area (Å²) < 4.78 is 0. The van der Waals surface area contributed by atoms with Crippen molar-refractivity contribution in [2.24, 2.45) is 0 Å². The predicted molar refractivity (Wildman–Crippen MR) is 64.1 cm³/mol. The van der Waals surface area contributed by atoms with Gasteiger partial charge in [-0.25, -0.2) is 0 Å². The van der Waals surface area contributed by atoms with Crippen molar-refractivity contribution in [2.45, 2.75) is 18.9 Å². The molecular weight excluding hydrogens is 260 g/mol. The Labute approximate surface area is 97.6 Å². The van der Waals surface area contributed by atoms with E-state index < -0.39 is 5.60 Å². The van der Waals surface area contributed by atoms with E-state index in [9.17, 15) is 9.90 Å². The molecule has 0 aromatic heterocycles. The van der Waals surface area contributed by atoms with Gasteiger partial charge in [0.15, 0.2) is 0 Å². The van der Waals surface area contributed by atoms with Crippen molar-refractivity contribution in [1.29, 1.82) is 0 Å². The van der Waals surface area contributed by atoms with Crippen LogP contribution in [0.5, 0.6) is 0 Å². The second-order valence-corrected chi connectivity index (χ2v) is 4.33. The van der Waals surface area contributed by atoms with Gasteiger partial charge in [-0.05, 0) is 25.5 Å². The third-order valence-electron chi connectivity index (χ3n) is 2.10. The summed E-state index contributed by atoms with van der Waals surface area (Å²) in [5, 5.41) is 13.0. The van der Waals surface area contributed by atoms with Crippen molar-refractivity contribution >= 4 is 27.5 Å². The summed E-state index contributed by atoms with van der Waals surface area (Å²) in [6, 6.07) is 9.08. The molecule has 82 valence electrons. The highest BCUT2D eigenvalue weighted by atomic mass is 81.9. The first kappa shape index (κ1) is 12.2. The van der Waals surface area contributed by atoms with Crippen LogP contribution in [0.1, 0.15) is 13.3 Å². The summed E-state index contributed by atoms with van der Waals surface area (Å²) in [4.78, 5) is 11.6. The zero-order chi connectivity index (χ0) is 11.3. The van der Waals surface area contributed by atoms with Gasteiger partial charge in [0.05, 0.1) is 0 Å². The summed E-state index contributed by atoms with van der Waals surface area (Å²) in [6.07, 6.45) is 0.381. The van der Waals surface area contributed by atoms with Crippen LogP contribution >= 0.6 is 15.9 Å². The summed E-state index contributed by atoms with van der Waals surface area (Å²) in [6.45, 7) is 1.51. The van der Waals surface area contributed by atoms with Crippen LogP contribution in [0.2, 0.25) is 0 Å². The number of rotatable bonds is 4. The first-order chi connectivity index (χ1) is 7.06. The van der Waals surface area contributed by atoms with E-state index in [-0.39, 0.29) is 5.91 Å². The van der Waals surface area contributed by atoms with E-state index in [1.54, 1.807) is 12.1 Å². The maximum absolute atomic E-state index is 11.6. The SMILES string of the molecule is C[C@](O)(CC[82Br])C(=O)Nc1ccccc1. The van der Waals surface area contributed by atoms with Crippen LogP contribution in [0.15, 0.2) is 30.3 Å². The molecule has 0 bridgehead atoms. The Morgan fingerprint density at radius 2 is 2.07 bits per heavy atom. The first-order valence-corrected chi connectivity index (χ1v) is 5.83. The number of anilines is 1. The van der Waals surface area contributed by atoms with Gasteiger partial charge in [0.2, 0.25) is 0 Å². The molecule has 0 unspecified atom stereocenters. The Morgan fingerprint density at radius 3 is 2.60 bits per heavy atom. The number of para-hydroxylation sites is 1. The fourth-order valence-electron chi connectivity index (χ4n) is 1.08. The van der Waals surface area contributed by atoms with E-state index in [0.29, 0.717) is 17.4 Å². The topological polar surface area (TPSA) is 49.3 Å². The molecule has 2 N–H and O–H groups in total. The van der Waals surface area contributed by atoms with Crippen LogP contribution in [-0.4, -0.2) is 21.9 Å². The number of halogens is 1. The van der Waals surface area contributed by atoms with E-state index in [4.69, 9.17) is 0 Å². The molecule has 0 aliphatic heterocycles. The zero-order valence-electron chi connectivity index (χ0n) is 8.53. The third-order valence-corrected chi connectivity index (χ3v) is 2.50. The van der Waals surface area contributed by atoms with Gasteiger partial charge < -0.3 is 10.4 Å². The first-order valence-electron chi connectivity index (χ1n) is 4.71. The summed E-state index contributed by atoms with van der Waals surface area (Å²) >= 11 is 3.20. The molecule has 4 heteroatoms. The lowest BCUT2D eigenvalue weighted by Crippen LogP contribution is -2.40. The van der Waals surface area contributed by atoms with Gasteiger partial charge in [0.25, 0.3) is 5.91 Å². The van der Waals surface area contributed by atoms with Gasteiger partial charge in [-0.15, -0.1) is 0 Å². The molecule has 15 heavy (non-hydrogen) atoms. The Bertz CT molecular complexity index is 325. The molecule has 3 nitrogen and oxygen atoms in total. The van der Waals surface area contributed by atoms with Crippen molar-refractivity contribution in [2.75, 3.05) is 10.6 Å². The van der Waals surface area contributed by atoms with Crippen LogP contribution < -0.4 is 5.32 Å². The summed E-state index contributed by atoms with van der Waals surface area (Å²) in [5.41, 5.74) is -0.642. The number of carbonyl (C=O) groups is 1. The minimum Gasteiger partial charge on any atom is -0.380 e. The van der Waals surface area contributed by atoms with Crippen molar-refractivity contribution in [3.8, 4) is 0 Å². The van der Waals surface area contributed by atoms with Gasteiger partial charge in [0.1, 0.15) is 5.60 Å². The number of benzene rings is 1. The van der Waals surface area contributed by atoms with Crippen LogP contribution in [0.4, 0.5) is 5.69 Å². The minimum atomic E-state index is -1.33. The lowest BCUT2D eigenvalue weighted by atomic mass is 10.0. The molecule has 1 rings (SSSR count). The zero-order valence-corrected chi connectivity index (χ0v) is 10.1. The minimum absolute atomic E-state index is 0.381. The van der Waals surface area contributed by atoms with E-state index in [1.165, 1.54) is 6.92 Å². The van der Waals surface area contributed by atoms with Crippen LogP contribution in [0.3, 0.4) is 0 Å². The third kappa shape index (κ3) is 3.64. The number of alkyl halides is 1. The molecule has 1 amide bonds. The highest BCUT2D eigenvalue weighted by Gasteiger charge is 2.29. The van der Waals surface area contributed by atoms with Gasteiger partial charge in [0, 0.05) is 11.0 Å². The molecule has 0 spiro atoms. The summed E-state index contributed by atoms with van der Waals surface area (Å²) in [7, 11) is 0. The van der Waals surface area contributed by atoms with E-state index in [0.717, 1.165) is 0 Å². The quantitative estimate of drug-likeness (QED) is 0.827. The Balaban J connectivity index is 2.63. The molecular formula is C11H14BrNO2. The number of hydrogen-bond acceptors (Lipinski definition) is 2. The second kappa shape index (κ2) is 5.28. The summed E-state index contributed by atoms with van der Waals surface area (Å²) in [5.74, 6) is -0.381. The lowest BCUT2D eigenvalue weighted by molar-refractivity contribution is -0.132. The molecule has 0 heterocycles. The molecule has 1 atom stereocenters. The average Bonchev–Trinajstić information content (AvgIpc) is 2.19. The molecule has 0 radical (unpaired) electrons. The monoisotopic (exact) mass is 274 g/mol. The van der Waals surface area contributed by atoms with Crippen LogP contribution in [0, 0.1) is 0 Å². The Kier molecular flexibility index (Phi) is 4.29. The largest absolute Gasteiger partial charge is 0.380 e. The molecule has 0 fully saturated rings. The maximum atomic E-state index is 11.6. The normalized spacial score (nSPS) is 14.3. The molecule has 0 aliphatic rings. The van der Waals surface area contributed by atoms with Crippen molar-refractivity contribution in [3.05, 3.63) is 30.3 Å². The second-order valence-electron chi connectivity index (χ2n) is 3.53. The fourth-order valence-corrected chi connectivity index (χ4v) is 1.86. The molecule has 1 aromatic carbocycles. The lowest BCUT2D eigenvalue weighted by Gasteiger charge is -2.21. The van der Waals surface area contributed by atoms with Crippen molar-refractivity contribution in [1.82, 2.24) is 0 Å². The number of hydrogen-bond donors (Lipinski definition) is 2. The Hall–Kier alpha value is -0.870. The number of amides is 1. The van der Waals surface area contributed by atoms with E-state index >= 15 is 0 Å². The highest BCUT2D eigenvalue weighted by Crippen LogP contribution is 2.15. The average molecular weight is 274 g/mol. The van der Waals surface area contributed by atoms with Crippen LogP contribution in [-0.2, 0) is 4.79 Å². The molecule has 1 aromatic rings. The van der Waals surface area contributed by atoms with Crippen molar-refractivity contribution < 1.29 is 9.90 Å². The van der Waals surface area contributed by atoms with Gasteiger partial charge in [-0.1, -0.05) is 34.1 Å². The highest BCUT2D eigenvalue weighted by molar-refractivity contribution is 9.09. The number of carbonyl (C=O) groups excluding carboxylic acids is 1. The smallest absolute Gasteiger partial charge is 0.256 e. The number of nitrogens with one attached hydrogen (secondary N) is 1. The molecule has 0 aliphatic carbocycles. The van der Waals surface area contributed by atoms with Gasteiger partial charge >= 0.3 is 0 Å². The van der Waals surface area contributed by atoms with Crippen molar-refractivity contribution in [3.63, 3.8) is 0 Å². The maximum Gasteiger partial charge on any atom is 0.256 e. The fraction of sp³-hybridized carbons (Fsp3) is 0.364. The van der Waals surface area contributed by atoms with Gasteiger partial charge in [-0.3, -0.25) is 4.79 Å². The molecule has 0 saturated heterocycles. The molecule has 0 saturated carbocycles. The number of aliphatic hydroxyl groups is 1. The Morgan fingerprint density at radius 1 is 1.47 bits per heavy atom. The van der Waals surface area contributed by atoms with Gasteiger partial charge in [-0.2, -0.15) is 0 Å². The predicted octanol–water partition coefficient (Wildman–Crippen LogP) is 2.16. The van der Waals surface area contributed by atoms with Crippen LogP contribution in [0.25, 0.3) is 0 Å². The van der Waals surface area contributed by atoms with E-state index in [1.807, 2.05) is 18.2 Å².